The van der Waals surface area contributed by atoms with Crippen LogP contribution < -0.4 is 0 Å². The number of carbonyl (C=O) groups is 2. The van der Waals surface area contributed by atoms with Gasteiger partial charge in [0.1, 0.15) is 6.61 Å². The van der Waals surface area contributed by atoms with Crippen molar-refractivity contribution in [3.63, 3.8) is 0 Å². The van der Waals surface area contributed by atoms with Crippen molar-refractivity contribution in [3.8, 4) is 0 Å². The van der Waals surface area contributed by atoms with Gasteiger partial charge in [0.05, 0.1) is 6.61 Å². The Morgan fingerprint density at radius 2 is 0.537 bits per heavy atom. The van der Waals surface area contributed by atoms with Gasteiger partial charge in [-0.15, -0.1) is 0 Å². The highest BCUT2D eigenvalue weighted by atomic mass is 16.6. The average molecular weight is 1120 g/mol. The number of hydrogen-bond acceptors (Lipinski definition) is 5. The monoisotopic (exact) mass is 1120 g/mol. The lowest BCUT2D eigenvalue weighted by atomic mass is 10.0. The third kappa shape index (κ3) is 67.8. The second-order valence-corrected chi connectivity index (χ2v) is 23.9. The van der Waals surface area contributed by atoms with Gasteiger partial charge in [-0.05, 0) is 83.5 Å². The van der Waals surface area contributed by atoms with Gasteiger partial charge in [-0.2, -0.15) is 0 Å². The van der Waals surface area contributed by atoms with E-state index in [1.807, 2.05) is 0 Å². The van der Waals surface area contributed by atoms with Crippen LogP contribution in [0.2, 0.25) is 0 Å². The first-order valence-corrected chi connectivity index (χ1v) is 35.5. The van der Waals surface area contributed by atoms with Gasteiger partial charge in [-0.3, -0.25) is 9.59 Å². The molecule has 0 saturated carbocycles. The highest BCUT2D eigenvalue weighted by molar-refractivity contribution is 5.70. The quantitative estimate of drug-likeness (QED) is 0.0373. The van der Waals surface area contributed by atoms with Gasteiger partial charge in [0.2, 0.25) is 0 Å². The van der Waals surface area contributed by atoms with E-state index in [0.29, 0.717) is 12.8 Å². The van der Waals surface area contributed by atoms with Gasteiger partial charge in [0, 0.05) is 12.8 Å². The Kier molecular flexibility index (Phi) is 68.3. The lowest BCUT2D eigenvalue weighted by Gasteiger charge is -2.15. The van der Waals surface area contributed by atoms with Crippen LogP contribution in [0.1, 0.15) is 373 Å². The molecule has 1 unspecified atom stereocenters. The molecule has 0 aliphatic carbocycles. The van der Waals surface area contributed by atoms with Crippen molar-refractivity contribution in [2.75, 3.05) is 13.2 Å². The summed E-state index contributed by atoms with van der Waals surface area (Å²) in [6.45, 7) is 4.08. The van der Waals surface area contributed by atoms with Crippen LogP contribution in [-0.2, 0) is 19.1 Å². The first-order valence-electron chi connectivity index (χ1n) is 35.5. The fraction of sp³-hybridized carbons (Fsp3) is 0.813. The molecule has 5 heteroatoms. The van der Waals surface area contributed by atoms with Crippen LogP contribution in [0.3, 0.4) is 0 Å². The Labute approximate surface area is 499 Å². The Morgan fingerprint density at radius 3 is 0.825 bits per heavy atom. The van der Waals surface area contributed by atoms with Crippen LogP contribution in [-0.4, -0.2) is 36.4 Å². The summed E-state index contributed by atoms with van der Waals surface area (Å²) < 4.78 is 10.8. The van der Waals surface area contributed by atoms with E-state index in [1.54, 1.807) is 0 Å². The fourth-order valence-electron chi connectivity index (χ4n) is 10.7. The number of hydrogen-bond donors (Lipinski definition) is 1. The van der Waals surface area contributed by atoms with E-state index < -0.39 is 6.10 Å². The molecule has 0 aliphatic heterocycles. The zero-order valence-corrected chi connectivity index (χ0v) is 53.6. The van der Waals surface area contributed by atoms with Gasteiger partial charge in [0.25, 0.3) is 0 Å². The third-order valence-corrected chi connectivity index (χ3v) is 16.0. The minimum Gasteiger partial charge on any atom is -0.462 e. The molecule has 1 atom stereocenters. The third-order valence-electron chi connectivity index (χ3n) is 16.0. The van der Waals surface area contributed by atoms with Crippen LogP contribution in [0.25, 0.3) is 0 Å². The van der Waals surface area contributed by atoms with Gasteiger partial charge >= 0.3 is 11.9 Å². The topological polar surface area (TPSA) is 72.8 Å². The standard InChI is InChI=1S/C75H136O5/c1-3-5-7-9-11-13-15-17-19-21-23-25-27-29-31-33-35-36-37-38-40-41-43-45-47-49-51-53-55-57-59-61-63-65-67-69-74(77)79-72-73(71-76)80-75(78)70-68-66-64-62-60-58-56-54-52-50-48-46-44-42-39-34-32-30-28-26-24-22-20-18-16-14-12-10-8-6-4-2/h6,8,12,14,18,20-21,23-24,26,30,32,73,76H,3-5,7,9-11,13,15-17,19,22,25,27-29,31,33-72H2,1-2H3/b8-6-,14-12-,20-18-,23-21-,26-24-,32-30-. The molecule has 1 N–H and O–H groups in total. The number of carbonyl (C=O) groups excluding carboxylic acids is 2. The first-order chi connectivity index (χ1) is 39.6. The minimum absolute atomic E-state index is 0.0629. The lowest BCUT2D eigenvalue weighted by Crippen LogP contribution is -2.28. The zero-order valence-electron chi connectivity index (χ0n) is 53.6. The molecule has 80 heavy (non-hydrogen) atoms. The molecule has 0 radical (unpaired) electrons. The van der Waals surface area contributed by atoms with Crippen molar-refractivity contribution < 1.29 is 24.2 Å². The van der Waals surface area contributed by atoms with E-state index in [4.69, 9.17) is 9.47 Å². The van der Waals surface area contributed by atoms with Crippen molar-refractivity contribution >= 4 is 11.9 Å². The molecule has 0 aromatic rings. The number of ether oxygens (including phenoxy) is 2. The SMILES string of the molecule is CC/C=C\C/C=C\C/C=C\C/C=C\C/C=C\CCCCCCCCCCCCCCCCCC(=O)OC(CO)COC(=O)CCCCCCCCCCCCCCCCCCCCCCCCC/C=C\CCCCCCCCCC. The molecule has 0 fully saturated rings. The van der Waals surface area contributed by atoms with Gasteiger partial charge in [0.15, 0.2) is 6.10 Å². The summed E-state index contributed by atoms with van der Waals surface area (Å²) in [6.07, 6.45) is 98.0. The highest BCUT2D eigenvalue weighted by Crippen LogP contribution is 2.19. The van der Waals surface area contributed by atoms with Gasteiger partial charge < -0.3 is 14.6 Å². The Hall–Kier alpha value is -2.66. The number of aliphatic hydroxyl groups is 1. The van der Waals surface area contributed by atoms with Crippen LogP contribution in [0.15, 0.2) is 72.9 Å². The van der Waals surface area contributed by atoms with Gasteiger partial charge in [-0.1, -0.05) is 350 Å². The Balaban J connectivity index is 3.41. The largest absolute Gasteiger partial charge is 0.462 e. The van der Waals surface area contributed by atoms with Crippen molar-refractivity contribution in [1.82, 2.24) is 0 Å². The molecule has 0 aromatic carbocycles. The van der Waals surface area contributed by atoms with E-state index >= 15 is 0 Å². The number of rotatable bonds is 66. The molecular formula is C75H136O5. The Bertz CT molecular complexity index is 1400. The number of esters is 2. The lowest BCUT2D eigenvalue weighted by molar-refractivity contribution is -0.161. The summed E-state index contributed by atoms with van der Waals surface area (Å²) in [6, 6.07) is 0. The maximum Gasteiger partial charge on any atom is 0.306 e. The van der Waals surface area contributed by atoms with Gasteiger partial charge in [-0.25, -0.2) is 0 Å². The number of unbranched alkanes of at least 4 members (excludes halogenated alkanes) is 46. The molecule has 0 bridgehead atoms. The van der Waals surface area contributed by atoms with E-state index in [-0.39, 0.29) is 25.2 Å². The summed E-state index contributed by atoms with van der Waals surface area (Å²) in [5.41, 5.74) is 0. The van der Waals surface area contributed by atoms with Crippen molar-refractivity contribution in [3.05, 3.63) is 72.9 Å². The fourth-order valence-corrected chi connectivity index (χ4v) is 10.7. The van der Waals surface area contributed by atoms with E-state index in [2.05, 4.69) is 86.8 Å². The van der Waals surface area contributed by atoms with Crippen molar-refractivity contribution in [2.45, 2.75) is 380 Å². The van der Waals surface area contributed by atoms with Crippen molar-refractivity contribution in [1.29, 1.82) is 0 Å². The van der Waals surface area contributed by atoms with E-state index in [9.17, 15) is 14.7 Å². The molecule has 0 aliphatic rings. The zero-order chi connectivity index (χ0) is 57.6. The second kappa shape index (κ2) is 70.6. The average Bonchev–Trinajstić information content (AvgIpc) is 3.46. The number of aliphatic hydroxyl groups excluding tert-OH is 1. The molecule has 0 aromatic heterocycles. The molecule has 0 rings (SSSR count). The highest BCUT2D eigenvalue weighted by Gasteiger charge is 2.16. The first kappa shape index (κ1) is 77.3. The summed E-state index contributed by atoms with van der Waals surface area (Å²) in [4.78, 5) is 24.7. The maximum atomic E-state index is 12.4. The molecule has 0 amide bonds. The Morgan fingerprint density at radius 1 is 0.300 bits per heavy atom. The van der Waals surface area contributed by atoms with Crippen LogP contribution in [0.5, 0.6) is 0 Å². The summed E-state index contributed by atoms with van der Waals surface area (Å²) in [7, 11) is 0. The van der Waals surface area contributed by atoms with Crippen LogP contribution in [0.4, 0.5) is 0 Å². The summed E-state index contributed by atoms with van der Waals surface area (Å²) in [5.74, 6) is -0.573. The summed E-state index contributed by atoms with van der Waals surface area (Å²) in [5, 5.41) is 9.71. The molecule has 466 valence electrons. The molecule has 0 saturated heterocycles. The smallest absolute Gasteiger partial charge is 0.306 e. The van der Waals surface area contributed by atoms with E-state index in [1.165, 1.54) is 276 Å². The van der Waals surface area contributed by atoms with Crippen molar-refractivity contribution in [2.24, 2.45) is 0 Å². The molecule has 0 heterocycles. The second-order valence-electron chi connectivity index (χ2n) is 23.9. The minimum atomic E-state index is -0.774. The maximum absolute atomic E-state index is 12.4. The molecule has 5 nitrogen and oxygen atoms in total. The molecule has 0 spiro atoms. The van der Waals surface area contributed by atoms with E-state index in [0.717, 1.165) is 70.6 Å². The summed E-state index contributed by atoms with van der Waals surface area (Å²) >= 11 is 0. The van der Waals surface area contributed by atoms with Crippen LogP contribution in [0, 0.1) is 0 Å². The normalized spacial score (nSPS) is 12.6. The molecular weight excluding hydrogens is 981 g/mol. The van der Waals surface area contributed by atoms with Crippen LogP contribution >= 0.6 is 0 Å². The number of allylic oxidation sites excluding steroid dienone is 12. The predicted octanol–water partition coefficient (Wildman–Crippen LogP) is 24.7. The predicted molar refractivity (Wildman–Crippen MR) is 353 cm³/mol.